The van der Waals surface area contributed by atoms with Crippen LogP contribution in [0.25, 0.3) is 11.4 Å². The molecule has 1 aromatic carbocycles. The fraction of sp³-hybridized carbons (Fsp3) is 0.467. The first-order valence-electron chi connectivity index (χ1n) is 7.28. The molecule has 106 valence electrons. The predicted molar refractivity (Wildman–Crippen MR) is 80.6 cm³/mol. The second kappa shape index (κ2) is 5.63. The van der Waals surface area contributed by atoms with Crippen LogP contribution in [-0.4, -0.2) is 34.3 Å². The molecule has 2 aromatic rings. The third-order valence-corrected chi connectivity index (χ3v) is 3.85. The molecule has 0 aliphatic carbocycles. The lowest BCUT2D eigenvalue weighted by molar-refractivity contribution is 0.500. The Morgan fingerprint density at radius 3 is 2.85 bits per heavy atom. The summed E-state index contributed by atoms with van der Waals surface area (Å²) in [4.78, 5) is 6.76. The number of nitrogens with zero attached hydrogens (tertiary/aromatic N) is 3. The van der Waals surface area contributed by atoms with Gasteiger partial charge in [-0.15, -0.1) is 5.10 Å². The zero-order valence-electron chi connectivity index (χ0n) is 11.8. The largest absolute Gasteiger partial charge is 0.338 e. The molecule has 5 nitrogen and oxygen atoms in total. The van der Waals surface area contributed by atoms with Crippen molar-refractivity contribution in [3.63, 3.8) is 0 Å². The van der Waals surface area contributed by atoms with E-state index in [1.807, 2.05) is 0 Å². The summed E-state index contributed by atoms with van der Waals surface area (Å²) in [6.07, 6.45) is 3.25. The summed E-state index contributed by atoms with van der Waals surface area (Å²) in [5.41, 5.74) is 8.41. The highest BCUT2D eigenvalue weighted by Gasteiger charge is 2.20. The van der Waals surface area contributed by atoms with E-state index in [1.54, 1.807) is 0 Å². The van der Waals surface area contributed by atoms with Gasteiger partial charge in [0.25, 0.3) is 0 Å². The normalized spacial score (nSPS) is 19.3. The van der Waals surface area contributed by atoms with Gasteiger partial charge in [0.2, 0.25) is 5.95 Å². The van der Waals surface area contributed by atoms with E-state index in [-0.39, 0.29) is 6.04 Å². The van der Waals surface area contributed by atoms with Crippen LogP contribution in [0.3, 0.4) is 0 Å². The third-order valence-electron chi connectivity index (χ3n) is 3.85. The van der Waals surface area contributed by atoms with Crippen LogP contribution in [0.15, 0.2) is 24.3 Å². The lowest BCUT2D eigenvalue weighted by atomic mass is 10.1. The summed E-state index contributed by atoms with van der Waals surface area (Å²) in [7, 11) is 0. The molecule has 3 rings (SSSR count). The van der Waals surface area contributed by atoms with E-state index in [4.69, 9.17) is 5.73 Å². The number of aryl methyl sites for hydroxylation is 1. The van der Waals surface area contributed by atoms with Crippen molar-refractivity contribution in [1.29, 1.82) is 0 Å². The Kier molecular flexibility index (Phi) is 3.69. The SMILES string of the molecule is CCc1ccc(-c2nc(N3CCCC(N)C3)n[nH]2)cc1. The second-order valence-corrected chi connectivity index (χ2v) is 5.38. The van der Waals surface area contributed by atoms with Crippen LogP contribution in [-0.2, 0) is 6.42 Å². The van der Waals surface area contributed by atoms with Gasteiger partial charge in [0.1, 0.15) is 0 Å². The average molecular weight is 271 g/mol. The monoisotopic (exact) mass is 271 g/mol. The van der Waals surface area contributed by atoms with E-state index in [0.29, 0.717) is 0 Å². The maximum atomic E-state index is 6.00. The van der Waals surface area contributed by atoms with Crippen LogP contribution >= 0.6 is 0 Å². The Morgan fingerprint density at radius 1 is 1.35 bits per heavy atom. The van der Waals surface area contributed by atoms with Crippen LogP contribution < -0.4 is 10.6 Å². The molecular formula is C15H21N5. The van der Waals surface area contributed by atoms with E-state index in [0.717, 1.165) is 49.7 Å². The molecule has 3 N–H and O–H groups in total. The van der Waals surface area contributed by atoms with Gasteiger partial charge < -0.3 is 10.6 Å². The minimum absolute atomic E-state index is 0.231. The number of aromatic nitrogens is 3. The fourth-order valence-electron chi connectivity index (χ4n) is 2.61. The molecule has 1 unspecified atom stereocenters. The van der Waals surface area contributed by atoms with Crippen LogP contribution in [0, 0.1) is 0 Å². The predicted octanol–water partition coefficient (Wildman–Crippen LogP) is 1.96. The van der Waals surface area contributed by atoms with Gasteiger partial charge in [-0.1, -0.05) is 31.2 Å². The summed E-state index contributed by atoms with van der Waals surface area (Å²) < 4.78 is 0. The van der Waals surface area contributed by atoms with Gasteiger partial charge in [-0.2, -0.15) is 4.98 Å². The first-order valence-corrected chi connectivity index (χ1v) is 7.28. The van der Waals surface area contributed by atoms with Crippen molar-refractivity contribution >= 4 is 5.95 Å². The van der Waals surface area contributed by atoms with Gasteiger partial charge in [0, 0.05) is 24.7 Å². The number of H-pyrrole nitrogens is 1. The highest BCUT2D eigenvalue weighted by Crippen LogP contribution is 2.20. The van der Waals surface area contributed by atoms with E-state index in [2.05, 4.69) is 51.3 Å². The number of rotatable bonds is 3. The van der Waals surface area contributed by atoms with Crippen molar-refractivity contribution in [3.8, 4) is 11.4 Å². The zero-order chi connectivity index (χ0) is 13.9. The van der Waals surface area contributed by atoms with Gasteiger partial charge in [-0.25, -0.2) is 0 Å². The molecule has 0 amide bonds. The average Bonchev–Trinajstić information content (AvgIpc) is 2.97. The number of piperidine rings is 1. The number of hydrogen-bond acceptors (Lipinski definition) is 4. The van der Waals surface area contributed by atoms with E-state index in [9.17, 15) is 0 Å². The minimum Gasteiger partial charge on any atom is -0.338 e. The first kappa shape index (κ1) is 13.1. The molecule has 2 heterocycles. The number of aromatic amines is 1. The topological polar surface area (TPSA) is 70.8 Å². The number of hydrogen-bond donors (Lipinski definition) is 2. The summed E-state index contributed by atoms with van der Waals surface area (Å²) in [6, 6.07) is 8.67. The number of benzene rings is 1. The molecule has 0 spiro atoms. The van der Waals surface area contributed by atoms with Crippen molar-refractivity contribution in [3.05, 3.63) is 29.8 Å². The number of anilines is 1. The third kappa shape index (κ3) is 2.67. The Morgan fingerprint density at radius 2 is 2.15 bits per heavy atom. The summed E-state index contributed by atoms with van der Waals surface area (Å²) >= 11 is 0. The van der Waals surface area contributed by atoms with E-state index >= 15 is 0 Å². The van der Waals surface area contributed by atoms with Gasteiger partial charge in [-0.3, -0.25) is 5.10 Å². The van der Waals surface area contributed by atoms with Crippen LogP contribution in [0.4, 0.5) is 5.95 Å². The summed E-state index contributed by atoms with van der Waals surface area (Å²) in [6.45, 7) is 3.98. The standard InChI is InChI=1S/C15H21N5/c1-2-11-5-7-12(8-6-11)14-17-15(19-18-14)20-9-3-4-13(16)10-20/h5-8,13H,2-4,9-10,16H2,1H3,(H,17,18,19). The molecule has 0 radical (unpaired) electrons. The molecule has 0 bridgehead atoms. The molecule has 5 heteroatoms. The summed E-state index contributed by atoms with van der Waals surface area (Å²) in [5, 5.41) is 7.36. The minimum atomic E-state index is 0.231. The van der Waals surface area contributed by atoms with Crippen LogP contribution in [0.2, 0.25) is 0 Å². The quantitative estimate of drug-likeness (QED) is 0.895. The van der Waals surface area contributed by atoms with E-state index < -0.39 is 0 Å². The van der Waals surface area contributed by atoms with Crippen molar-refractivity contribution < 1.29 is 0 Å². The van der Waals surface area contributed by atoms with Gasteiger partial charge in [-0.05, 0) is 24.8 Å². The van der Waals surface area contributed by atoms with Crippen molar-refractivity contribution in [2.24, 2.45) is 5.73 Å². The van der Waals surface area contributed by atoms with Gasteiger partial charge in [0.15, 0.2) is 5.82 Å². The maximum Gasteiger partial charge on any atom is 0.245 e. The molecule has 20 heavy (non-hydrogen) atoms. The first-order chi connectivity index (χ1) is 9.76. The van der Waals surface area contributed by atoms with Crippen LogP contribution in [0.5, 0.6) is 0 Å². The van der Waals surface area contributed by atoms with Gasteiger partial charge in [0.05, 0.1) is 0 Å². The second-order valence-electron chi connectivity index (χ2n) is 5.38. The molecule has 1 aliphatic rings. The maximum absolute atomic E-state index is 6.00. The van der Waals surface area contributed by atoms with Gasteiger partial charge >= 0.3 is 0 Å². The van der Waals surface area contributed by atoms with E-state index in [1.165, 1.54) is 5.56 Å². The Labute approximate surface area is 119 Å². The summed E-state index contributed by atoms with van der Waals surface area (Å²) in [5.74, 6) is 1.58. The molecule has 1 aliphatic heterocycles. The molecule has 1 saturated heterocycles. The Bertz CT molecular complexity index is 560. The lowest BCUT2D eigenvalue weighted by Gasteiger charge is -2.29. The fourth-order valence-corrected chi connectivity index (χ4v) is 2.61. The molecule has 1 atom stereocenters. The Balaban J connectivity index is 1.78. The number of nitrogens with one attached hydrogen (secondary N) is 1. The smallest absolute Gasteiger partial charge is 0.245 e. The zero-order valence-corrected chi connectivity index (χ0v) is 11.8. The molecule has 1 aromatic heterocycles. The lowest BCUT2D eigenvalue weighted by Crippen LogP contribution is -2.43. The van der Waals surface area contributed by atoms with Crippen molar-refractivity contribution in [2.45, 2.75) is 32.2 Å². The Hall–Kier alpha value is -1.88. The highest BCUT2D eigenvalue weighted by atomic mass is 15.4. The van der Waals surface area contributed by atoms with Crippen molar-refractivity contribution in [2.75, 3.05) is 18.0 Å². The molecular weight excluding hydrogens is 250 g/mol. The van der Waals surface area contributed by atoms with Crippen LogP contribution in [0.1, 0.15) is 25.3 Å². The molecule has 1 fully saturated rings. The highest BCUT2D eigenvalue weighted by molar-refractivity contribution is 5.56. The van der Waals surface area contributed by atoms with Crippen molar-refractivity contribution in [1.82, 2.24) is 15.2 Å². The molecule has 0 saturated carbocycles. The number of nitrogens with two attached hydrogens (primary N) is 1.